The van der Waals surface area contributed by atoms with Gasteiger partial charge >= 0.3 is 0 Å². The molecule has 3 rings (SSSR count). The molecular weight excluding hydrogens is 400 g/mol. The van der Waals surface area contributed by atoms with Crippen molar-refractivity contribution in [2.24, 2.45) is 5.14 Å². The molecule has 0 fully saturated rings. The van der Waals surface area contributed by atoms with Crippen LogP contribution in [0.2, 0.25) is 0 Å². The van der Waals surface area contributed by atoms with E-state index in [2.05, 4.69) is 10.1 Å². The summed E-state index contributed by atoms with van der Waals surface area (Å²) < 4.78 is 28.3. The van der Waals surface area contributed by atoms with Crippen LogP contribution in [0.3, 0.4) is 0 Å². The Hall–Kier alpha value is -2.56. The van der Waals surface area contributed by atoms with Crippen LogP contribution in [-0.2, 0) is 21.2 Å². The van der Waals surface area contributed by atoms with Gasteiger partial charge in [0.15, 0.2) is 0 Å². The number of primary sulfonamides is 1. The van der Waals surface area contributed by atoms with Gasteiger partial charge in [0.1, 0.15) is 0 Å². The fourth-order valence-electron chi connectivity index (χ4n) is 2.65. The van der Waals surface area contributed by atoms with Gasteiger partial charge < -0.3 is 9.42 Å². The predicted molar refractivity (Wildman–Crippen MR) is 105 cm³/mol. The largest absolute Gasteiger partial charge is 0.339 e. The Bertz CT molecular complexity index is 1060. The summed E-state index contributed by atoms with van der Waals surface area (Å²) in [7, 11) is -2.13. The number of hydrogen-bond acceptors (Lipinski definition) is 7. The number of hydrogen-bond donors (Lipinski definition) is 1. The second-order valence-corrected chi connectivity index (χ2v) is 8.66. The fourth-order valence-corrected chi connectivity index (χ4v) is 3.85. The van der Waals surface area contributed by atoms with Gasteiger partial charge in [-0.1, -0.05) is 17.3 Å². The standard InChI is InChI=1S/C18H20N4O4S2/c1-12(13-4-3-5-15(10-13)28(19,24)25)22(2)17(23)7-6-16-20-18(21-26-16)14-8-9-27-11-14/h3-5,8-12H,6-7H2,1-2H3,(H2,19,24,25). The molecule has 1 aromatic carbocycles. The number of amides is 1. The van der Waals surface area contributed by atoms with Crippen molar-refractivity contribution in [1.29, 1.82) is 0 Å². The SMILES string of the molecule is CC(c1cccc(S(N)(=O)=O)c1)N(C)C(=O)CCc1nc(-c2ccsc2)no1. The highest BCUT2D eigenvalue weighted by Gasteiger charge is 2.20. The van der Waals surface area contributed by atoms with E-state index >= 15 is 0 Å². The predicted octanol–water partition coefficient (Wildman–Crippen LogP) is 2.60. The maximum absolute atomic E-state index is 12.5. The van der Waals surface area contributed by atoms with Crippen LogP contribution in [0.15, 0.2) is 50.5 Å². The van der Waals surface area contributed by atoms with E-state index in [4.69, 9.17) is 9.66 Å². The van der Waals surface area contributed by atoms with E-state index in [9.17, 15) is 13.2 Å². The van der Waals surface area contributed by atoms with E-state index in [1.807, 2.05) is 23.8 Å². The third-order valence-electron chi connectivity index (χ3n) is 4.44. The Morgan fingerprint density at radius 1 is 1.36 bits per heavy atom. The van der Waals surface area contributed by atoms with Crippen molar-refractivity contribution in [1.82, 2.24) is 15.0 Å². The quantitative estimate of drug-likeness (QED) is 0.627. The summed E-state index contributed by atoms with van der Waals surface area (Å²) in [5.74, 6) is 0.779. The van der Waals surface area contributed by atoms with E-state index in [-0.39, 0.29) is 23.3 Å². The van der Waals surface area contributed by atoms with E-state index in [0.717, 1.165) is 5.56 Å². The molecule has 0 radical (unpaired) electrons. The lowest BCUT2D eigenvalue weighted by Gasteiger charge is -2.25. The minimum Gasteiger partial charge on any atom is -0.339 e. The first-order valence-corrected chi connectivity index (χ1v) is 11.0. The summed E-state index contributed by atoms with van der Waals surface area (Å²) in [6.07, 6.45) is 0.519. The van der Waals surface area contributed by atoms with Gasteiger partial charge in [0.25, 0.3) is 0 Å². The highest BCUT2D eigenvalue weighted by Crippen LogP contribution is 2.23. The molecule has 2 aromatic heterocycles. The maximum atomic E-state index is 12.5. The highest BCUT2D eigenvalue weighted by molar-refractivity contribution is 7.89. The topological polar surface area (TPSA) is 119 Å². The van der Waals surface area contributed by atoms with Gasteiger partial charge in [-0.2, -0.15) is 16.3 Å². The summed E-state index contributed by atoms with van der Waals surface area (Å²) in [4.78, 5) is 18.4. The Labute approximate surface area is 167 Å². The molecule has 1 amide bonds. The van der Waals surface area contributed by atoms with E-state index in [1.54, 1.807) is 35.4 Å². The number of nitrogens with zero attached hydrogens (tertiary/aromatic N) is 3. The zero-order valence-electron chi connectivity index (χ0n) is 15.4. The van der Waals surface area contributed by atoms with E-state index in [1.165, 1.54) is 12.1 Å². The number of benzene rings is 1. The fraction of sp³-hybridized carbons (Fsp3) is 0.278. The van der Waals surface area contributed by atoms with Crippen LogP contribution < -0.4 is 5.14 Å². The molecule has 0 aliphatic carbocycles. The Morgan fingerprint density at radius 3 is 2.82 bits per heavy atom. The summed E-state index contributed by atoms with van der Waals surface area (Å²) >= 11 is 1.54. The van der Waals surface area contributed by atoms with Crippen molar-refractivity contribution in [2.45, 2.75) is 30.7 Å². The number of nitrogens with two attached hydrogens (primary N) is 1. The summed E-state index contributed by atoms with van der Waals surface area (Å²) in [5.41, 5.74) is 1.56. The van der Waals surface area contributed by atoms with Gasteiger partial charge in [-0.3, -0.25) is 4.79 Å². The molecule has 8 nitrogen and oxygen atoms in total. The summed E-state index contributed by atoms with van der Waals surface area (Å²) in [5, 5.41) is 13.0. The Morgan fingerprint density at radius 2 is 2.14 bits per heavy atom. The first-order chi connectivity index (χ1) is 13.3. The van der Waals surface area contributed by atoms with Crippen molar-refractivity contribution in [3.63, 3.8) is 0 Å². The van der Waals surface area contributed by atoms with Crippen molar-refractivity contribution < 1.29 is 17.7 Å². The molecule has 28 heavy (non-hydrogen) atoms. The molecule has 3 aromatic rings. The molecule has 10 heteroatoms. The Balaban J connectivity index is 1.63. The molecule has 0 aliphatic rings. The lowest BCUT2D eigenvalue weighted by molar-refractivity contribution is -0.131. The normalized spacial score (nSPS) is 12.7. The van der Waals surface area contributed by atoms with E-state index in [0.29, 0.717) is 23.7 Å². The summed E-state index contributed by atoms with van der Waals surface area (Å²) in [6.45, 7) is 1.82. The zero-order valence-corrected chi connectivity index (χ0v) is 17.0. The molecule has 2 N–H and O–H groups in total. The molecule has 1 unspecified atom stereocenters. The minimum absolute atomic E-state index is 0.0181. The zero-order chi connectivity index (χ0) is 20.3. The monoisotopic (exact) mass is 420 g/mol. The number of carbonyl (C=O) groups is 1. The number of carbonyl (C=O) groups excluding carboxylic acids is 1. The van der Waals surface area contributed by atoms with Crippen molar-refractivity contribution in [2.75, 3.05) is 7.05 Å². The van der Waals surface area contributed by atoms with Gasteiger partial charge in [-0.05, 0) is 36.1 Å². The second kappa shape index (κ2) is 8.21. The first kappa shape index (κ1) is 20.2. The average molecular weight is 421 g/mol. The number of sulfonamides is 1. The minimum atomic E-state index is -3.80. The van der Waals surface area contributed by atoms with Crippen LogP contribution >= 0.6 is 11.3 Å². The number of thiophene rings is 1. The molecule has 0 saturated carbocycles. The third kappa shape index (κ3) is 4.64. The van der Waals surface area contributed by atoms with Crippen LogP contribution in [0, 0.1) is 0 Å². The van der Waals surface area contributed by atoms with Gasteiger partial charge in [-0.15, -0.1) is 0 Å². The molecule has 0 bridgehead atoms. The van der Waals surface area contributed by atoms with E-state index < -0.39 is 10.0 Å². The lowest BCUT2D eigenvalue weighted by Crippen LogP contribution is -2.30. The van der Waals surface area contributed by atoms with Crippen molar-refractivity contribution in [3.8, 4) is 11.4 Å². The molecule has 0 spiro atoms. The molecular formula is C18H20N4O4S2. The molecule has 0 saturated heterocycles. The van der Waals surface area contributed by atoms with Crippen LogP contribution in [0.1, 0.15) is 30.8 Å². The lowest BCUT2D eigenvalue weighted by atomic mass is 10.1. The molecule has 1 atom stereocenters. The second-order valence-electron chi connectivity index (χ2n) is 6.32. The maximum Gasteiger partial charge on any atom is 0.238 e. The highest BCUT2D eigenvalue weighted by atomic mass is 32.2. The third-order valence-corrected chi connectivity index (χ3v) is 6.04. The summed E-state index contributed by atoms with van der Waals surface area (Å²) in [6, 6.07) is 7.85. The first-order valence-electron chi connectivity index (χ1n) is 8.49. The number of rotatable bonds is 7. The van der Waals surface area contributed by atoms with Gasteiger partial charge in [0, 0.05) is 30.8 Å². The van der Waals surface area contributed by atoms with Crippen LogP contribution in [0.4, 0.5) is 0 Å². The van der Waals surface area contributed by atoms with Gasteiger partial charge in [0.2, 0.25) is 27.6 Å². The smallest absolute Gasteiger partial charge is 0.238 e. The molecule has 0 aliphatic heterocycles. The molecule has 148 valence electrons. The number of aromatic nitrogens is 2. The van der Waals surface area contributed by atoms with Gasteiger partial charge in [0.05, 0.1) is 10.9 Å². The Kier molecular flexibility index (Phi) is 5.92. The molecule has 2 heterocycles. The average Bonchev–Trinajstić information content (AvgIpc) is 3.35. The number of aryl methyl sites for hydroxylation is 1. The van der Waals surface area contributed by atoms with Crippen LogP contribution in [0.5, 0.6) is 0 Å². The van der Waals surface area contributed by atoms with Crippen molar-refractivity contribution in [3.05, 3.63) is 52.5 Å². The van der Waals surface area contributed by atoms with Crippen LogP contribution in [0.25, 0.3) is 11.4 Å². The van der Waals surface area contributed by atoms with Crippen LogP contribution in [-0.4, -0.2) is 36.4 Å². The van der Waals surface area contributed by atoms with Crippen molar-refractivity contribution >= 4 is 27.3 Å². The van der Waals surface area contributed by atoms with Gasteiger partial charge in [-0.25, -0.2) is 13.6 Å².